The lowest BCUT2D eigenvalue weighted by Crippen LogP contribution is -2.50. The number of ether oxygens (including phenoxy) is 2. The number of hydrogen-bond acceptors (Lipinski definition) is 8. The molecule has 1 amide bonds. The number of amides is 1. The zero-order valence-corrected chi connectivity index (χ0v) is 18.5. The van der Waals surface area contributed by atoms with Crippen molar-refractivity contribution >= 4 is 46.3 Å². The summed E-state index contributed by atoms with van der Waals surface area (Å²) < 4.78 is 40.9. The molecular formula is C21H16ClF2N7O4. The fraction of sp³-hybridized carbons (Fsp3) is 0.286. The smallest absolute Gasteiger partial charge is 0.294 e. The number of alkyl halides is 1. The minimum absolute atomic E-state index is 0.0100. The van der Waals surface area contributed by atoms with Gasteiger partial charge in [-0.15, -0.1) is 0 Å². The fourth-order valence-electron chi connectivity index (χ4n) is 3.97. The average molecular weight is 504 g/mol. The number of rotatable bonds is 7. The van der Waals surface area contributed by atoms with Gasteiger partial charge in [-0.2, -0.15) is 5.10 Å². The molecular weight excluding hydrogens is 488 g/mol. The first-order valence-corrected chi connectivity index (χ1v) is 10.9. The van der Waals surface area contributed by atoms with E-state index in [1.54, 1.807) is 6.20 Å². The zero-order valence-electron chi connectivity index (χ0n) is 17.7. The number of hydrogen-bond donors (Lipinski definition) is 3. The highest BCUT2D eigenvalue weighted by molar-refractivity contribution is 6.35. The van der Waals surface area contributed by atoms with Crippen LogP contribution in [0.3, 0.4) is 0 Å². The SMILES string of the molecule is O=CO[C@]1(C(=O)Nc2cn3cc(-c4c(Cl)c(F)c(OC5CNC5)c5[nH]ncc45)ncc3n2)C[C@@H]1F. The van der Waals surface area contributed by atoms with Crippen molar-refractivity contribution in [3.05, 3.63) is 35.6 Å². The third kappa shape index (κ3) is 3.38. The van der Waals surface area contributed by atoms with E-state index in [0.29, 0.717) is 40.9 Å². The molecule has 0 unspecified atom stereocenters. The van der Waals surface area contributed by atoms with E-state index in [0.717, 1.165) is 0 Å². The molecule has 2 atom stereocenters. The number of fused-ring (bicyclic) bond motifs is 2. The highest BCUT2D eigenvalue weighted by atomic mass is 35.5. The van der Waals surface area contributed by atoms with Gasteiger partial charge in [-0.1, -0.05) is 11.6 Å². The van der Waals surface area contributed by atoms with Crippen molar-refractivity contribution in [1.29, 1.82) is 0 Å². The van der Waals surface area contributed by atoms with Crippen molar-refractivity contribution in [1.82, 2.24) is 29.9 Å². The summed E-state index contributed by atoms with van der Waals surface area (Å²) in [4.78, 5) is 31.6. The van der Waals surface area contributed by atoms with E-state index in [2.05, 4.69) is 35.5 Å². The second kappa shape index (κ2) is 7.85. The van der Waals surface area contributed by atoms with Crippen LogP contribution in [0, 0.1) is 5.82 Å². The standard InChI is InChI=1S/C21H16ClF2N7O4/c22-16-15(10-4-27-30-18(10)19(17(16)24)35-9-2-25-3-9)11-6-31-7-13(28-14(31)5-26-11)29-20(33)21(34-8-32)1-12(21)23/h4-9,12,25H,1-3H2,(H,27,30)(H,29,33)/t12-,21+/m0/s1. The normalized spacial score (nSPS) is 21.6. The van der Waals surface area contributed by atoms with Gasteiger partial charge in [0.15, 0.2) is 29.2 Å². The quantitative estimate of drug-likeness (QED) is 0.326. The number of anilines is 1. The van der Waals surface area contributed by atoms with Crippen LogP contribution < -0.4 is 15.4 Å². The van der Waals surface area contributed by atoms with Crippen molar-refractivity contribution in [2.24, 2.45) is 0 Å². The number of halogens is 3. The van der Waals surface area contributed by atoms with Gasteiger partial charge in [0, 0.05) is 36.7 Å². The zero-order chi connectivity index (χ0) is 24.3. The highest BCUT2D eigenvalue weighted by Gasteiger charge is 2.64. The van der Waals surface area contributed by atoms with E-state index in [4.69, 9.17) is 16.3 Å². The number of aromatic amines is 1. The average Bonchev–Trinajstić information content (AvgIpc) is 3.14. The fourth-order valence-corrected chi connectivity index (χ4v) is 4.26. The molecule has 4 heterocycles. The maximum Gasteiger partial charge on any atom is 0.294 e. The Labute approximate surface area is 199 Å². The Hall–Kier alpha value is -3.84. The molecule has 0 radical (unpaired) electrons. The van der Waals surface area contributed by atoms with Crippen molar-refractivity contribution in [3.8, 4) is 17.0 Å². The summed E-state index contributed by atoms with van der Waals surface area (Å²) >= 11 is 6.43. The molecule has 2 fully saturated rings. The molecule has 1 aromatic carbocycles. The Balaban J connectivity index is 1.35. The minimum atomic E-state index is -1.84. The van der Waals surface area contributed by atoms with E-state index in [1.165, 1.54) is 23.0 Å². The molecule has 0 spiro atoms. The number of carbonyl (C=O) groups excluding carboxylic acids is 2. The lowest BCUT2D eigenvalue weighted by molar-refractivity contribution is -0.146. The largest absolute Gasteiger partial charge is 0.482 e. The van der Waals surface area contributed by atoms with Crippen LogP contribution in [-0.2, 0) is 14.3 Å². The molecule has 2 aliphatic rings. The second-order valence-electron chi connectivity index (χ2n) is 8.28. The molecule has 1 aliphatic carbocycles. The second-order valence-corrected chi connectivity index (χ2v) is 8.66. The Bertz CT molecular complexity index is 1500. The van der Waals surface area contributed by atoms with Crippen LogP contribution >= 0.6 is 11.6 Å². The molecule has 14 heteroatoms. The van der Waals surface area contributed by atoms with Gasteiger partial charge in [-0.05, 0) is 0 Å². The highest BCUT2D eigenvalue weighted by Crippen LogP contribution is 2.44. The van der Waals surface area contributed by atoms with Gasteiger partial charge in [0.05, 0.1) is 29.3 Å². The molecule has 4 aromatic rings. The number of benzene rings is 1. The maximum absolute atomic E-state index is 15.3. The van der Waals surface area contributed by atoms with Gasteiger partial charge in [0.1, 0.15) is 11.6 Å². The number of nitrogens with zero attached hydrogens (tertiary/aromatic N) is 4. The van der Waals surface area contributed by atoms with Crippen molar-refractivity contribution in [3.63, 3.8) is 0 Å². The van der Waals surface area contributed by atoms with Gasteiger partial charge in [0.25, 0.3) is 12.4 Å². The number of carbonyl (C=O) groups is 2. The Morgan fingerprint density at radius 1 is 1.34 bits per heavy atom. The van der Waals surface area contributed by atoms with E-state index in [1.807, 2.05) is 0 Å². The first kappa shape index (κ1) is 21.7. The molecule has 3 aromatic heterocycles. The maximum atomic E-state index is 15.3. The van der Waals surface area contributed by atoms with Crippen LogP contribution in [0.4, 0.5) is 14.6 Å². The molecule has 1 saturated heterocycles. The summed E-state index contributed by atoms with van der Waals surface area (Å²) in [5, 5.41) is 12.6. The molecule has 35 heavy (non-hydrogen) atoms. The summed E-state index contributed by atoms with van der Waals surface area (Å²) in [5.74, 6) is -1.48. The van der Waals surface area contributed by atoms with Crippen LogP contribution in [-0.4, -0.2) is 67.9 Å². The molecule has 1 saturated carbocycles. The summed E-state index contributed by atoms with van der Waals surface area (Å²) in [6.07, 6.45) is 3.93. The van der Waals surface area contributed by atoms with E-state index in [-0.39, 0.29) is 35.6 Å². The van der Waals surface area contributed by atoms with Crippen LogP contribution in [0.5, 0.6) is 5.75 Å². The molecule has 1 aliphatic heterocycles. The predicted molar refractivity (Wildman–Crippen MR) is 118 cm³/mol. The summed E-state index contributed by atoms with van der Waals surface area (Å²) in [6.45, 7) is 1.24. The summed E-state index contributed by atoms with van der Waals surface area (Å²) in [6, 6.07) is 0. The first-order valence-electron chi connectivity index (χ1n) is 10.5. The van der Waals surface area contributed by atoms with Crippen LogP contribution in [0.1, 0.15) is 6.42 Å². The van der Waals surface area contributed by atoms with E-state index in [9.17, 15) is 14.0 Å². The van der Waals surface area contributed by atoms with Gasteiger partial charge < -0.3 is 24.5 Å². The lowest BCUT2D eigenvalue weighted by Gasteiger charge is -2.28. The molecule has 6 rings (SSSR count). The molecule has 0 bridgehead atoms. The lowest BCUT2D eigenvalue weighted by atomic mass is 10.1. The van der Waals surface area contributed by atoms with Crippen LogP contribution in [0.25, 0.3) is 27.8 Å². The number of imidazole rings is 1. The third-order valence-corrected chi connectivity index (χ3v) is 6.44. The van der Waals surface area contributed by atoms with Crippen molar-refractivity contribution in [2.75, 3.05) is 18.4 Å². The van der Waals surface area contributed by atoms with Gasteiger partial charge in [-0.3, -0.25) is 19.7 Å². The van der Waals surface area contributed by atoms with Crippen LogP contribution in [0.2, 0.25) is 5.02 Å². The Morgan fingerprint density at radius 3 is 2.83 bits per heavy atom. The van der Waals surface area contributed by atoms with Gasteiger partial charge in [0.2, 0.25) is 5.60 Å². The van der Waals surface area contributed by atoms with Gasteiger partial charge >= 0.3 is 0 Å². The predicted octanol–water partition coefficient (Wildman–Crippen LogP) is 2.01. The molecule has 3 N–H and O–H groups in total. The number of aromatic nitrogens is 5. The number of nitrogens with one attached hydrogen (secondary N) is 3. The summed E-state index contributed by atoms with van der Waals surface area (Å²) in [7, 11) is 0. The van der Waals surface area contributed by atoms with Crippen molar-refractivity contribution in [2.45, 2.75) is 24.3 Å². The van der Waals surface area contributed by atoms with Gasteiger partial charge in [-0.25, -0.2) is 13.8 Å². The van der Waals surface area contributed by atoms with E-state index < -0.39 is 23.5 Å². The monoisotopic (exact) mass is 503 g/mol. The molecule has 180 valence electrons. The van der Waals surface area contributed by atoms with Crippen LogP contribution in [0.15, 0.2) is 24.8 Å². The topological polar surface area (TPSA) is 136 Å². The van der Waals surface area contributed by atoms with E-state index >= 15 is 4.39 Å². The minimum Gasteiger partial charge on any atom is -0.482 e. The third-order valence-electron chi connectivity index (χ3n) is 6.09. The van der Waals surface area contributed by atoms with Crippen molar-refractivity contribution < 1.29 is 27.8 Å². The Morgan fingerprint density at radius 2 is 2.14 bits per heavy atom. The summed E-state index contributed by atoms with van der Waals surface area (Å²) in [5.41, 5.74) is -0.533. The number of H-pyrrole nitrogens is 1. The first-order chi connectivity index (χ1) is 16.9. The molecule has 11 nitrogen and oxygen atoms in total. The Kier molecular flexibility index (Phi) is 4.86.